The summed E-state index contributed by atoms with van der Waals surface area (Å²) < 4.78 is 4.52. The summed E-state index contributed by atoms with van der Waals surface area (Å²) in [5.41, 5.74) is 6.86. The Morgan fingerprint density at radius 2 is 1.63 bits per heavy atom. The van der Waals surface area contributed by atoms with Gasteiger partial charge in [-0.25, -0.2) is 4.52 Å². The Hall–Kier alpha value is -3.15. The lowest BCUT2D eigenvalue weighted by Crippen LogP contribution is -2.15. The van der Waals surface area contributed by atoms with Crippen molar-refractivity contribution in [2.24, 2.45) is 0 Å². The maximum Gasteiger partial charge on any atom is 0.269 e. The highest BCUT2D eigenvalue weighted by atomic mass is 16.6. The molecule has 0 radical (unpaired) electrons. The van der Waals surface area contributed by atoms with Gasteiger partial charge in [0.2, 0.25) is 0 Å². The van der Waals surface area contributed by atoms with Crippen LogP contribution in [0.3, 0.4) is 0 Å². The second-order valence-corrected chi connectivity index (χ2v) is 8.53. The standard InChI is InChI=1S/C24H26N4O2/c1-15-23-16(2)27(20-7-5-4-6-8-20)17(3)24(23)22-13-19(14-26(22)25-15)18-9-11-21(12-10-18)28(29)30/h9-14,20H,4-8H2,1-3H3. The van der Waals surface area contributed by atoms with Crippen LogP contribution in [-0.4, -0.2) is 19.1 Å². The average Bonchev–Trinajstić information content (AvgIpc) is 3.27. The molecule has 6 heteroatoms. The van der Waals surface area contributed by atoms with Crippen LogP contribution in [0.25, 0.3) is 27.4 Å². The summed E-state index contributed by atoms with van der Waals surface area (Å²) in [5, 5.41) is 18.4. The first-order chi connectivity index (χ1) is 14.5. The van der Waals surface area contributed by atoms with Crippen LogP contribution in [0, 0.1) is 30.9 Å². The molecule has 0 N–H and O–H groups in total. The summed E-state index contributed by atoms with van der Waals surface area (Å²) in [6.45, 7) is 6.56. The van der Waals surface area contributed by atoms with Crippen LogP contribution in [-0.2, 0) is 0 Å². The van der Waals surface area contributed by atoms with Crippen LogP contribution < -0.4 is 0 Å². The van der Waals surface area contributed by atoms with E-state index in [0.717, 1.165) is 22.3 Å². The topological polar surface area (TPSA) is 65.4 Å². The van der Waals surface area contributed by atoms with Gasteiger partial charge in [0.05, 0.1) is 16.1 Å². The lowest BCUT2D eigenvalue weighted by molar-refractivity contribution is -0.384. The molecular formula is C24H26N4O2. The number of hydrogen-bond donors (Lipinski definition) is 0. The third-order valence-corrected chi connectivity index (χ3v) is 6.72. The van der Waals surface area contributed by atoms with Gasteiger partial charge >= 0.3 is 0 Å². The lowest BCUT2D eigenvalue weighted by atomic mass is 9.95. The fourth-order valence-electron chi connectivity index (χ4n) is 5.36. The van der Waals surface area contributed by atoms with E-state index in [9.17, 15) is 10.1 Å². The number of aromatic nitrogens is 3. The van der Waals surface area contributed by atoms with Crippen LogP contribution in [0.2, 0.25) is 0 Å². The monoisotopic (exact) mass is 402 g/mol. The Morgan fingerprint density at radius 3 is 2.30 bits per heavy atom. The van der Waals surface area contributed by atoms with Gasteiger partial charge in [0.15, 0.2) is 0 Å². The van der Waals surface area contributed by atoms with Crippen LogP contribution in [0.15, 0.2) is 36.5 Å². The molecule has 0 aliphatic heterocycles. The van der Waals surface area contributed by atoms with Crippen molar-refractivity contribution in [1.29, 1.82) is 0 Å². The molecule has 1 saturated carbocycles. The number of rotatable bonds is 3. The summed E-state index contributed by atoms with van der Waals surface area (Å²) in [6.07, 6.45) is 8.48. The quantitative estimate of drug-likeness (QED) is 0.298. The molecule has 0 atom stereocenters. The molecular weight excluding hydrogens is 376 g/mol. The SMILES string of the molecule is Cc1nn2cc(-c3ccc([N+](=O)[O-])cc3)cc2c2c(C)n(C3CCCCC3)c(C)c12. The number of fused-ring (bicyclic) bond motifs is 3. The molecule has 0 unspecified atom stereocenters. The van der Waals surface area contributed by atoms with Crippen molar-refractivity contribution in [3.05, 3.63) is 63.7 Å². The molecule has 1 aliphatic carbocycles. The Kier molecular flexibility index (Phi) is 4.38. The van der Waals surface area contributed by atoms with Gasteiger partial charge in [-0.2, -0.15) is 5.10 Å². The summed E-state index contributed by atoms with van der Waals surface area (Å²) in [6, 6.07) is 9.47. The molecule has 3 aromatic heterocycles. The van der Waals surface area contributed by atoms with E-state index in [1.54, 1.807) is 12.1 Å². The Balaban J connectivity index is 1.70. The van der Waals surface area contributed by atoms with E-state index in [1.807, 2.05) is 22.8 Å². The first kappa shape index (κ1) is 18.9. The minimum atomic E-state index is -0.366. The van der Waals surface area contributed by atoms with Crippen molar-refractivity contribution in [1.82, 2.24) is 14.2 Å². The molecule has 1 fully saturated rings. The first-order valence-corrected chi connectivity index (χ1v) is 10.7. The van der Waals surface area contributed by atoms with Crippen molar-refractivity contribution in [2.75, 3.05) is 0 Å². The Labute approximate surface area is 175 Å². The molecule has 6 nitrogen and oxygen atoms in total. The van der Waals surface area contributed by atoms with Gasteiger partial charge in [0.1, 0.15) is 0 Å². The number of benzene rings is 1. The predicted molar refractivity (Wildman–Crippen MR) is 119 cm³/mol. The summed E-state index contributed by atoms with van der Waals surface area (Å²) in [4.78, 5) is 10.6. The number of hydrogen-bond acceptors (Lipinski definition) is 3. The van der Waals surface area contributed by atoms with Crippen molar-refractivity contribution < 1.29 is 4.92 Å². The van der Waals surface area contributed by atoms with Gasteiger partial charge < -0.3 is 4.57 Å². The van der Waals surface area contributed by atoms with Crippen molar-refractivity contribution in [3.63, 3.8) is 0 Å². The molecule has 1 aromatic carbocycles. The predicted octanol–water partition coefficient (Wildman–Crippen LogP) is 6.29. The molecule has 0 bridgehead atoms. The molecule has 0 saturated heterocycles. The van der Waals surface area contributed by atoms with Gasteiger partial charge in [-0.05, 0) is 57.4 Å². The molecule has 30 heavy (non-hydrogen) atoms. The molecule has 5 rings (SSSR count). The summed E-state index contributed by atoms with van der Waals surface area (Å²) >= 11 is 0. The van der Waals surface area contributed by atoms with E-state index >= 15 is 0 Å². The second kappa shape index (κ2) is 6.97. The van der Waals surface area contributed by atoms with Crippen molar-refractivity contribution in [3.8, 4) is 11.1 Å². The number of non-ortho nitro benzene ring substituents is 1. The third kappa shape index (κ3) is 2.82. The van der Waals surface area contributed by atoms with Gasteiger partial charge in [-0.1, -0.05) is 19.3 Å². The highest BCUT2D eigenvalue weighted by molar-refractivity contribution is 6.02. The van der Waals surface area contributed by atoms with E-state index in [-0.39, 0.29) is 10.6 Å². The zero-order chi connectivity index (χ0) is 21.0. The third-order valence-electron chi connectivity index (χ3n) is 6.72. The molecule has 1 aliphatic rings. The van der Waals surface area contributed by atoms with Gasteiger partial charge in [-0.3, -0.25) is 10.1 Å². The zero-order valence-electron chi connectivity index (χ0n) is 17.7. The van der Waals surface area contributed by atoms with E-state index in [2.05, 4.69) is 31.4 Å². The fraction of sp³-hybridized carbons (Fsp3) is 0.375. The molecule has 0 amide bonds. The molecule has 0 spiro atoms. The summed E-state index contributed by atoms with van der Waals surface area (Å²) in [5.74, 6) is 0. The van der Waals surface area contributed by atoms with Gasteiger partial charge in [-0.15, -0.1) is 0 Å². The smallest absolute Gasteiger partial charge is 0.269 e. The van der Waals surface area contributed by atoms with Gasteiger partial charge in [0.25, 0.3) is 5.69 Å². The molecule has 154 valence electrons. The fourth-order valence-corrected chi connectivity index (χ4v) is 5.36. The average molecular weight is 402 g/mol. The number of nitrogens with zero attached hydrogens (tertiary/aromatic N) is 4. The minimum absolute atomic E-state index is 0.106. The van der Waals surface area contributed by atoms with Crippen LogP contribution >= 0.6 is 0 Å². The first-order valence-electron chi connectivity index (χ1n) is 10.7. The van der Waals surface area contributed by atoms with E-state index in [1.165, 1.54) is 54.3 Å². The number of aryl methyl sites for hydroxylation is 3. The Bertz CT molecular complexity index is 1270. The van der Waals surface area contributed by atoms with Crippen LogP contribution in [0.1, 0.15) is 55.2 Å². The Morgan fingerprint density at radius 1 is 0.967 bits per heavy atom. The second-order valence-electron chi connectivity index (χ2n) is 8.53. The largest absolute Gasteiger partial charge is 0.345 e. The minimum Gasteiger partial charge on any atom is -0.345 e. The lowest BCUT2D eigenvalue weighted by Gasteiger charge is -2.26. The molecule has 3 heterocycles. The van der Waals surface area contributed by atoms with Gasteiger partial charge in [0, 0.05) is 52.1 Å². The molecule has 4 aromatic rings. The maximum absolute atomic E-state index is 11.0. The summed E-state index contributed by atoms with van der Waals surface area (Å²) in [7, 11) is 0. The normalized spacial score (nSPS) is 15.3. The van der Waals surface area contributed by atoms with E-state index in [4.69, 9.17) is 5.10 Å². The van der Waals surface area contributed by atoms with E-state index < -0.39 is 0 Å². The number of nitro benzene ring substituents is 1. The highest BCUT2D eigenvalue weighted by Gasteiger charge is 2.24. The number of nitro groups is 1. The van der Waals surface area contributed by atoms with E-state index in [0.29, 0.717) is 6.04 Å². The maximum atomic E-state index is 11.0. The van der Waals surface area contributed by atoms with Crippen LogP contribution in [0.4, 0.5) is 5.69 Å². The van der Waals surface area contributed by atoms with Crippen molar-refractivity contribution >= 4 is 22.0 Å². The highest BCUT2D eigenvalue weighted by Crippen LogP contribution is 2.39. The zero-order valence-corrected chi connectivity index (χ0v) is 17.7. The van der Waals surface area contributed by atoms with Crippen molar-refractivity contribution in [2.45, 2.75) is 58.9 Å². The van der Waals surface area contributed by atoms with Crippen LogP contribution in [0.5, 0.6) is 0 Å².